The van der Waals surface area contributed by atoms with Gasteiger partial charge in [-0.3, -0.25) is 20.0 Å². The molecule has 8 heteroatoms. The second kappa shape index (κ2) is 6.63. The van der Waals surface area contributed by atoms with Crippen LogP contribution < -0.4 is 5.32 Å². The molecule has 0 amide bonds. The van der Waals surface area contributed by atoms with Crippen molar-refractivity contribution < 1.29 is 4.92 Å². The summed E-state index contributed by atoms with van der Waals surface area (Å²) in [5, 5.41) is 22.9. The number of nitriles is 1. The molecular formula is C12H14BrN5O2. The van der Waals surface area contributed by atoms with Crippen LogP contribution in [0.2, 0.25) is 0 Å². The van der Waals surface area contributed by atoms with Crippen LogP contribution in [0.4, 0.5) is 11.4 Å². The summed E-state index contributed by atoms with van der Waals surface area (Å²) in [6.07, 6.45) is 4.50. The fourth-order valence-corrected chi connectivity index (χ4v) is 2.68. The topological polar surface area (TPSA) is 95.1 Å². The largest absolute Gasteiger partial charge is 0.376 e. The van der Waals surface area contributed by atoms with Crippen molar-refractivity contribution in [1.82, 2.24) is 9.88 Å². The minimum Gasteiger partial charge on any atom is -0.376 e. The quantitative estimate of drug-likeness (QED) is 0.513. The molecule has 7 nitrogen and oxygen atoms in total. The molecule has 2 heterocycles. The summed E-state index contributed by atoms with van der Waals surface area (Å²) >= 11 is 3.30. The molecule has 0 radical (unpaired) electrons. The summed E-state index contributed by atoms with van der Waals surface area (Å²) in [7, 11) is 0. The molecule has 1 fully saturated rings. The summed E-state index contributed by atoms with van der Waals surface area (Å²) in [6.45, 7) is 2.08. The van der Waals surface area contributed by atoms with Crippen LogP contribution in [-0.4, -0.2) is 40.5 Å². The minimum absolute atomic E-state index is 0.0289. The molecule has 0 atom stereocenters. The third-order valence-corrected chi connectivity index (χ3v) is 3.91. The molecular weight excluding hydrogens is 326 g/mol. The molecule has 1 aliphatic heterocycles. The Labute approximate surface area is 124 Å². The lowest BCUT2D eigenvalue weighted by molar-refractivity contribution is -0.384. The van der Waals surface area contributed by atoms with Gasteiger partial charge >= 0.3 is 5.69 Å². The van der Waals surface area contributed by atoms with E-state index in [9.17, 15) is 10.1 Å². The number of hydrogen-bond acceptors (Lipinski definition) is 6. The Hall–Kier alpha value is -1.72. The Morgan fingerprint density at radius 2 is 2.25 bits per heavy atom. The van der Waals surface area contributed by atoms with E-state index in [1.807, 2.05) is 0 Å². The van der Waals surface area contributed by atoms with Gasteiger partial charge < -0.3 is 5.32 Å². The van der Waals surface area contributed by atoms with Crippen LogP contribution in [0, 0.1) is 21.4 Å². The highest BCUT2D eigenvalue weighted by atomic mass is 79.9. The van der Waals surface area contributed by atoms with Gasteiger partial charge in [-0.25, -0.2) is 0 Å². The number of nitrogens with one attached hydrogen (secondary N) is 1. The zero-order chi connectivity index (χ0) is 14.5. The normalized spacial score (nSPS) is 16.6. The number of hydrogen-bond donors (Lipinski definition) is 1. The first-order valence-corrected chi connectivity index (χ1v) is 7.05. The van der Waals surface area contributed by atoms with Crippen molar-refractivity contribution in [1.29, 1.82) is 5.26 Å². The first-order chi connectivity index (χ1) is 9.61. The van der Waals surface area contributed by atoms with Crippen LogP contribution in [0.25, 0.3) is 0 Å². The number of nitro groups is 1. The van der Waals surface area contributed by atoms with Crippen LogP contribution in [-0.2, 0) is 0 Å². The summed E-state index contributed by atoms with van der Waals surface area (Å²) in [5.74, 6) is 0. The molecule has 1 N–H and O–H groups in total. The standard InChI is InChI=1S/C12H14BrN5O2/c13-10-7-15-8-11(18(19)20)12(10)16-9-1-4-17(5-2-9)6-3-14/h7-9H,1-2,4-6H2,(H,15,16). The monoisotopic (exact) mass is 339 g/mol. The fraction of sp³-hybridized carbons (Fsp3) is 0.500. The molecule has 0 bridgehead atoms. The van der Waals surface area contributed by atoms with Gasteiger partial charge in [-0.1, -0.05) is 0 Å². The molecule has 0 spiro atoms. The van der Waals surface area contributed by atoms with Crippen molar-refractivity contribution in [2.24, 2.45) is 0 Å². The number of pyridine rings is 1. The Kier molecular flexibility index (Phi) is 4.87. The SMILES string of the molecule is N#CCN1CCC(Nc2c(Br)cncc2[N+](=O)[O-])CC1. The summed E-state index contributed by atoms with van der Waals surface area (Å²) in [5.41, 5.74) is 0.447. The van der Waals surface area contributed by atoms with Gasteiger partial charge in [0.1, 0.15) is 11.9 Å². The van der Waals surface area contributed by atoms with E-state index in [4.69, 9.17) is 5.26 Å². The third kappa shape index (κ3) is 3.43. The maximum atomic E-state index is 11.0. The van der Waals surface area contributed by atoms with Crippen molar-refractivity contribution >= 4 is 27.3 Å². The minimum atomic E-state index is -0.440. The zero-order valence-electron chi connectivity index (χ0n) is 10.8. The average molecular weight is 340 g/mol. The van der Waals surface area contributed by atoms with Crippen LogP contribution in [0.3, 0.4) is 0 Å². The van der Waals surface area contributed by atoms with E-state index in [-0.39, 0.29) is 11.7 Å². The van der Waals surface area contributed by atoms with Crippen molar-refractivity contribution in [3.8, 4) is 6.07 Å². The highest BCUT2D eigenvalue weighted by Gasteiger charge is 2.23. The predicted octanol–water partition coefficient (Wildman–Crippen LogP) is 2.15. The van der Waals surface area contributed by atoms with Gasteiger partial charge in [-0.05, 0) is 28.8 Å². The van der Waals surface area contributed by atoms with E-state index in [2.05, 4.69) is 37.2 Å². The maximum Gasteiger partial charge on any atom is 0.311 e. The highest BCUT2D eigenvalue weighted by molar-refractivity contribution is 9.10. The number of rotatable bonds is 4. The molecule has 1 saturated heterocycles. The predicted molar refractivity (Wildman–Crippen MR) is 77.3 cm³/mol. The molecule has 1 aliphatic rings. The van der Waals surface area contributed by atoms with E-state index in [1.54, 1.807) is 6.20 Å². The van der Waals surface area contributed by atoms with Crippen molar-refractivity contribution in [2.75, 3.05) is 25.0 Å². The number of aromatic nitrogens is 1. The van der Waals surface area contributed by atoms with E-state index in [0.29, 0.717) is 16.7 Å². The molecule has 0 saturated carbocycles. The van der Waals surface area contributed by atoms with Crippen LogP contribution in [0.15, 0.2) is 16.9 Å². The van der Waals surface area contributed by atoms with Gasteiger partial charge in [-0.15, -0.1) is 0 Å². The molecule has 106 valence electrons. The Morgan fingerprint density at radius 1 is 1.55 bits per heavy atom. The Bertz CT molecular complexity index is 537. The van der Waals surface area contributed by atoms with Gasteiger partial charge in [0.05, 0.1) is 22.0 Å². The number of likely N-dealkylation sites (tertiary alicyclic amines) is 1. The Morgan fingerprint density at radius 3 is 2.85 bits per heavy atom. The number of anilines is 1. The lowest BCUT2D eigenvalue weighted by Crippen LogP contribution is -2.39. The van der Waals surface area contributed by atoms with Crippen LogP contribution in [0.5, 0.6) is 0 Å². The second-order valence-electron chi connectivity index (χ2n) is 4.63. The lowest BCUT2D eigenvalue weighted by Gasteiger charge is -2.31. The number of nitrogens with zero attached hydrogens (tertiary/aromatic N) is 4. The van der Waals surface area contributed by atoms with Gasteiger partial charge in [-0.2, -0.15) is 5.26 Å². The van der Waals surface area contributed by atoms with Crippen LogP contribution in [0.1, 0.15) is 12.8 Å². The molecule has 0 aliphatic carbocycles. The van der Waals surface area contributed by atoms with Gasteiger partial charge in [0.25, 0.3) is 0 Å². The van der Waals surface area contributed by atoms with Crippen molar-refractivity contribution in [3.05, 3.63) is 27.0 Å². The van der Waals surface area contributed by atoms with Crippen molar-refractivity contribution in [3.63, 3.8) is 0 Å². The molecule has 0 unspecified atom stereocenters. The van der Waals surface area contributed by atoms with Gasteiger partial charge in [0.15, 0.2) is 0 Å². The first kappa shape index (κ1) is 14.7. The summed E-state index contributed by atoms with van der Waals surface area (Å²) < 4.78 is 0.589. The first-order valence-electron chi connectivity index (χ1n) is 6.25. The van der Waals surface area contributed by atoms with Crippen LogP contribution >= 0.6 is 15.9 Å². The average Bonchev–Trinajstić information content (AvgIpc) is 2.43. The summed E-state index contributed by atoms with van der Waals surface area (Å²) in [6, 6.07) is 2.30. The smallest absolute Gasteiger partial charge is 0.311 e. The molecule has 0 aromatic carbocycles. The van der Waals surface area contributed by atoms with E-state index < -0.39 is 4.92 Å². The van der Waals surface area contributed by atoms with Crippen molar-refractivity contribution in [2.45, 2.75) is 18.9 Å². The summed E-state index contributed by atoms with van der Waals surface area (Å²) in [4.78, 5) is 16.5. The highest BCUT2D eigenvalue weighted by Crippen LogP contribution is 2.32. The van der Waals surface area contributed by atoms with Gasteiger partial charge in [0.2, 0.25) is 0 Å². The lowest BCUT2D eigenvalue weighted by atomic mass is 10.0. The number of piperidine rings is 1. The molecule has 20 heavy (non-hydrogen) atoms. The van der Waals surface area contributed by atoms with Gasteiger partial charge in [0, 0.05) is 25.3 Å². The third-order valence-electron chi connectivity index (χ3n) is 3.31. The van der Waals surface area contributed by atoms with E-state index in [1.165, 1.54) is 6.20 Å². The number of halogens is 1. The molecule has 1 aromatic rings. The molecule has 2 rings (SSSR count). The molecule has 1 aromatic heterocycles. The fourth-order valence-electron chi connectivity index (χ4n) is 2.25. The van der Waals surface area contributed by atoms with E-state index in [0.717, 1.165) is 25.9 Å². The second-order valence-corrected chi connectivity index (χ2v) is 5.48. The Balaban J connectivity index is 2.05. The zero-order valence-corrected chi connectivity index (χ0v) is 12.3. The van der Waals surface area contributed by atoms with E-state index >= 15 is 0 Å². The maximum absolute atomic E-state index is 11.0.